The van der Waals surface area contributed by atoms with Crippen molar-refractivity contribution in [3.63, 3.8) is 0 Å². The highest BCUT2D eigenvalue weighted by Gasteiger charge is 2.12. The van der Waals surface area contributed by atoms with Crippen molar-refractivity contribution in [2.75, 3.05) is 18.2 Å². The molecule has 0 bridgehead atoms. The summed E-state index contributed by atoms with van der Waals surface area (Å²) >= 11 is 1.32. The molecular formula is C25H24N4O4S. The molecule has 0 aliphatic carbocycles. The Bertz CT molecular complexity index is 1280. The zero-order valence-corrected chi connectivity index (χ0v) is 19.6. The van der Waals surface area contributed by atoms with Crippen LogP contribution in [0.1, 0.15) is 21.9 Å². The van der Waals surface area contributed by atoms with Crippen LogP contribution in [0.5, 0.6) is 5.75 Å². The summed E-state index contributed by atoms with van der Waals surface area (Å²) in [5.41, 5.74) is 2.05. The first-order chi connectivity index (χ1) is 16.5. The summed E-state index contributed by atoms with van der Waals surface area (Å²) in [5, 5.41) is 6.37. The Morgan fingerprint density at radius 3 is 2.68 bits per heavy atom. The van der Waals surface area contributed by atoms with Crippen molar-refractivity contribution in [2.24, 2.45) is 0 Å². The lowest BCUT2D eigenvalue weighted by Gasteiger charge is -2.10. The van der Waals surface area contributed by atoms with Crippen LogP contribution in [-0.4, -0.2) is 34.2 Å². The first kappa shape index (κ1) is 23.2. The van der Waals surface area contributed by atoms with Crippen LogP contribution >= 0.6 is 11.8 Å². The van der Waals surface area contributed by atoms with Gasteiger partial charge in [-0.1, -0.05) is 17.8 Å². The maximum absolute atomic E-state index is 12.4. The zero-order valence-electron chi connectivity index (χ0n) is 18.8. The Labute approximate surface area is 201 Å². The topological polar surface area (TPSA) is 98.4 Å². The van der Waals surface area contributed by atoms with Crippen molar-refractivity contribution in [1.82, 2.24) is 14.9 Å². The van der Waals surface area contributed by atoms with Gasteiger partial charge in [0.1, 0.15) is 17.3 Å². The lowest BCUT2D eigenvalue weighted by molar-refractivity contribution is -0.113. The largest absolute Gasteiger partial charge is 0.497 e. The molecule has 0 atom stereocenters. The number of hydrogen-bond donors (Lipinski definition) is 2. The Kier molecular flexibility index (Phi) is 7.34. The minimum Gasteiger partial charge on any atom is -0.497 e. The first-order valence-corrected chi connectivity index (χ1v) is 11.5. The van der Waals surface area contributed by atoms with Gasteiger partial charge in [-0.3, -0.25) is 14.2 Å². The van der Waals surface area contributed by atoms with Crippen LogP contribution in [0.4, 0.5) is 5.69 Å². The molecule has 34 heavy (non-hydrogen) atoms. The van der Waals surface area contributed by atoms with E-state index in [2.05, 4.69) is 15.6 Å². The number of nitrogens with zero attached hydrogens (tertiary/aromatic N) is 2. The van der Waals surface area contributed by atoms with Crippen LogP contribution in [0.15, 0.2) is 82.6 Å². The van der Waals surface area contributed by atoms with Crippen molar-refractivity contribution in [2.45, 2.75) is 18.6 Å². The van der Waals surface area contributed by atoms with E-state index in [1.165, 1.54) is 11.8 Å². The Morgan fingerprint density at radius 2 is 1.94 bits per heavy atom. The second-order valence-electron chi connectivity index (χ2n) is 7.39. The highest BCUT2D eigenvalue weighted by atomic mass is 32.2. The smallest absolute Gasteiger partial charge is 0.251 e. The summed E-state index contributed by atoms with van der Waals surface area (Å²) in [5.74, 6) is 2.05. The molecule has 0 saturated carbocycles. The third kappa shape index (κ3) is 5.87. The number of thioether (sulfide) groups is 1. The number of hydrogen-bond acceptors (Lipinski definition) is 6. The molecule has 174 valence electrons. The molecule has 0 spiro atoms. The van der Waals surface area contributed by atoms with E-state index in [0.717, 1.165) is 11.4 Å². The van der Waals surface area contributed by atoms with Gasteiger partial charge >= 0.3 is 0 Å². The Morgan fingerprint density at radius 1 is 1.12 bits per heavy atom. The minimum absolute atomic E-state index is 0.147. The average molecular weight is 477 g/mol. The predicted molar refractivity (Wildman–Crippen MR) is 131 cm³/mol. The number of imidazole rings is 1. The summed E-state index contributed by atoms with van der Waals surface area (Å²) in [6.45, 7) is 2.19. The normalized spacial score (nSPS) is 10.6. The van der Waals surface area contributed by atoms with Gasteiger partial charge in [0.25, 0.3) is 5.91 Å². The van der Waals surface area contributed by atoms with E-state index >= 15 is 0 Å². The molecule has 0 unspecified atom stereocenters. The van der Waals surface area contributed by atoms with Gasteiger partial charge < -0.3 is 19.8 Å². The maximum atomic E-state index is 12.4. The minimum atomic E-state index is -0.185. The molecule has 9 heteroatoms. The third-order valence-electron chi connectivity index (χ3n) is 4.92. The Balaban J connectivity index is 1.34. The van der Waals surface area contributed by atoms with E-state index in [4.69, 9.17) is 9.15 Å². The fourth-order valence-electron chi connectivity index (χ4n) is 3.24. The average Bonchev–Trinajstić information content (AvgIpc) is 3.50. The molecule has 8 nitrogen and oxygen atoms in total. The van der Waals surface area contributed by atoms with Crippen LogP contribution in [0.25, 0.3) is 5.69 Å². The molecule has 2 aromatic heterocycles. The summed E-state index contributed by atoms with van der Waals surface area (Å²) < 4.78 is 12.5. The molecule has 4 rings (SSSR count). The van der Waals surface area contributed by atoms with Gasteiger partial charge in [-0.15, -0.1) is 0 Å². The number of amides is 2. The number of carbonyl (C=O) groups is 2. The summed E-state index contributed by atoms with van der Waals surface area (Å²) in [4.78, 5) is 29.2. The molecule has 0 fully saturated rings. The van der Waals surface area contributed by atoms with Crippen molar-refractivity contribution >= 4 is 29.3 Å². The highest BCUT2D eigenvalue weighted by molar-refractivity contribution is 7.99. The molecule has 0 aliphatic heterocycles. The monoisotopic (exact) mass is 476 g/mol. The van der Waals surface area contributed by atoms with Crippen LogP contribution < -0.4 is 15.4 Å². The molecule has 2 N–H and O–H groups in total. The van der Waals surface area contributed by atoms with E-state index in [1.54, 1.807) is 37.6 Å². The first-order valence-electron chi connectivity index (χ1n) is 10.6. The third-order valence-corrected chi connectivity index (χ3v) is 5.89. The van der Waals surface area contributed by atoms with Crippen LogP contribution in [0.2, 0.25) is 0 Å². The van der Waals surface area contributed by atoms with Crippen LogP contribution in [-0.2, 0) is 11.3 Å². The summed E-state index contributed by atoms with van der Waals surface area (Å²) in [6.07, 6.45) is 3.49. The molecule has 0 radical (unpaired) electrons. The fraction of sp³-hybridized carbons (Fsp3) is 0.160. The molecular weight excluding hydrogens is 452 g/mol. The number of aromatic nitrogens is 2. The van der Waals surface area contributed by atoms with E-state index in [9.17, 15) is 9.59 Å². The standard InChI is InChI=1S/C25H24N4O4S/c1-17-6-11-22(33-17)15-27-24(31)18-7-9-20(10-8-18)29-13-12-26-25(29)34-16-23(30)28-19-4-3-5-21(14-19)32-2/h3-14H,15-16H2,1-2H3,(H,27,31)(H,28,30). The van der Waals surface area contributed by atoms with Gasteiger partial charge in [0.05, 0.1) is 19.4 Å². The number of rotatable bonds is 9. The number of benzene rings is 2. The number of carbonyl (C=O) groups excluding carboxylic acids is 2. The molecule has 2 amide bonds. The molecule has 0 aliphatic rings. The van der Waals surface area contributed by atoms with Crippen molar-refractivity contribution in [1.29, 1.82) is 0 Å². The number of anilines is 1. The summed E-state index contributed by atoms with van der Waals surface area (Å²) in [6, 6.07) is 18.1. The number of aryl methyl sites for hydroxylation is 1. The van der Waals surface area contributed by atoms with Gasteiger partial charge in [0.15, 0.2) is 5.16 Å². The van der Waals surface area contributed by atoms with Crippen LogP contribution in [0, 0.1) is 6.92 Å². The predicted octanol–water partition coefficient (Wildman–Crippen LogP) is 4.44. The molecule has 2 heterocycles. The highest BCUT2D eigenvalue weighted by Crippen LogP contribution is 2.22. The van der Waals surface area contributed by atoms with E-state index in [-0.39, 0.29) is 17.6 Å². The van der Waals surface area contributed by atoms with Crippen LogP contribution in [0.3, 0.4) is 0 Å². The van der Waals surface area contributed by atoms with Gasteiger partial charge in [0.2, 0.25) is 5.91 Å². The van der Waals surface area contributed by atoms with Gasteiger partial charge in [-0.25, -0.2) is 4.98 Å². The molecule has 0 saturated heterocycles. The van der Waals surface area contributed by atoms with Crippen molar-refractivity contribution in [3.8, 4) is 11.4 Å². The molecule has 2 aromatic carbocycles. The lowest BCUT2D eigenvalue weighted by Crippen LogP contribution is -2.22. The Hall–Kier alpha value is -3.98. The quantitative estimate of drug-likeness (QED) is 0.347. The fourth-order valence-corrected chi connectivity index (χ4v) is 4.02. The number of methoxy groups -OCH3 is 1. The SMILES string of the molecule is COc1cccc(NC(=O)CSc2nccn2-c2ccc(C(=O)NCc3ccc(C)o3)cc2)c1. The number of nitrogens with one attached hydrogen (secondary N) is 2. The van der Waals surface area contributed by atoms with Gasteiger partial charge in [0, 0.05) is 35.4 Å². The number of furan rings is 1. The number of ether oxygens (including phenoxy) is 1. The maximum Gasteiger partial charge on any atom is 0.251 e. The second kappa shape index (κ2) is 10.8. The van der Waals surface area contributed by atoms with E-state index in [1.807, 2.05) is 54.1 Å². The van der Waals surface area contributed by atoms with E-state index in [0.29, 0.717) is 34.5 Å². The molecule has 4 aromatic rings. The van der Waals surface area contributed by atoms with Gasteiger partial charge in [-0.05, 0) is 55.5 Å². The zero-order chi connectivity index (χ0) is 23.9. The lowest BCUT2D eigenvalue weighted by atomic mass is 10.2. The summed E-state index contributed by atoms with van der Waals surface area (Å²) in [7, 11) is 1.58. The van der Waals surface area contributed by atoms with E-state index < -0.39 is 0 Å². The van der Waals surface area contributed by atoms with Gasteiger partial charge in [-0.2, -0.15) is 0 Å². The second-order valence-corrected chi connectivity index (χ2v) is 8.33. The van der Waals surface area contributed by atoms with Crippen molar-refractivity contribution in [3.05, 3.63) is 90.1 Å². The van der Waals surface area contributed by atoms with Crippen molar-refractivity contribution < 1.29 is 18.7 Å².